The van der Waals surface area contributed by atoms with E-state index in [4.69, 9.17) is 4.74 Å². The number of aryl methyl sites for hydroxylation is 2. The Kier molecular flexibility index (Phi) is 5.27. The molecule has 116 valence electrons. The van der Waals surface area contributed by atoms with Crippen molar-refractivity contribution in [2.45, 2.75) is 58.9 Å². The predicted octanol–water partition coefficient (Wildman–Crippen LogP) is 3.55. The molecule has 1 N–H and O–H groups in total. The summed E-state index contributed by atoms with van der Waals surface area (Å²) in [7, 11) is 1.67. The van der Waals surface area contributed by atoms with Gasteiger partial charge in [-0.15, -0.1) is 0 Å². The standard InChI is InChI=1S/C18H27NO2/c1-12-6-5-7-15(8-12)19-18(20)11-17-13(2)9-16(21-4)10-14(17)3/h9-10,12,15H,5-8,11H2,1-4H3,(H,19,20). The van der Waals surface area contributed by atoms with Crippen LogP contribution in [0.25, 0.3) is 0 Å². The van der Waals surface area contributed by atoms with Gasteiger partial charge in [-0.1, -0.05) is 19.8 Å². The molecule has 3 heteroatoms. The molecular weight excluding hydrogens is 262 g/mol. The highest BCUT2D eigenvalue weighted by Gasteiger charge is 2.21. The maximum Gasteiger partial charge on any atom is 0.224 e. The van der Waals surface area contributed by atoms with Crippen molar-refractivity contribution in [3.63, 3.8) is 0 Å². The maximum atomic E-state index is 12.3. The van der Waals surface area contributed by atoms with Crippen molar-refractivity contribution < 1.29 is 9.53 Å². The Balaban J connectivity index is 1.99. The third-order valence-electron chi connectivity index (χ3n) is 4.54. The predicted molar refractivity (Wildman–Crippen MR) is 85.7 cm³/mol. The molecule has 1 amide bonds. The van der Waals surface area contributed by atoms with Crippen molar-refractivity contribution in [2.75, 3.05) is 7.11 Å². The third-order valence-corrected chi connectivity index (χ3v) is 4.54. The summed E-state index contributed by atoms with van der Waals surface area (Å²) in [5.74, 6) is 1.73. The topological polar surface area (TPSA) is 38.3 Å². The van der Waals surface area contributed by atoms with Gasteiger partial charge in [-0.25, -0.2) is 0 Å². The number of hydrogen-bond acceptors (Lipinski definition) is 2. The van der Waals surface area contributed by atoms with E-state index in [0.717, 1.165) is 41.2 Å². The Morgan fingerprint density at radius 3 is 2.52 bits per heavy atom. The summed E-state index contributed by atoms with van der Waals surface area (Å²) in [6.45, 7) is 6.36. The molecule has 1 fully saturated rings. The Labute approximate surface area is 128 Å². The lowest BCUT2D eigenvalue weighted by Gasteiger charge is -2.27. The van der Waals surface area contributed by atoms with Gasteiger partial charge in [0.05, 0.1) is 13.5 Å². The Morgan fingerprint density at radius 1 is 1.29 bits per heavy atom. The number of carbonyl (C=O) groups is 1. The number of ether oxygens (including phenoxy) is 1. The van der Waals surface area contributed by atoms with Gasteiger partial charge in [-0.2, -0.15) is 0 Å². The first-order valence-corrected chi connectivity index (χ1v) is 7.93. The van der Waals surface area contributed by atoms with E-state index < -0.39 is 0 Å². The molecule has 3 nitrogen and oxygen atoms in total. The monoisotopic (exact) mass is 289 g/mol. The average Bonchev–Trinajstić information content (AvgIpc) is 2.42. The first-order chi connectivity index (χ1) is 9.99. The fourth-order valence-electron chi connectivity index (χ4n) is 3.35. The van der Waals surface area contributed by atoms with Crippen molar-refractivity contribution in [3.8, 4) is 5.75 Å². The number of carbonyl (C=O) groups excluding carboxylic acids is 1. The highest BCUT2D eigenvalue weighted by molar-refractivity contribution is 5.79. The molecule has 0 aromatic heterocycles. The molecule has 2 atom stereocenters. The summed E-state index contributed by atoms with van der Waals surface area (Å²) < 4.78 is 5.27. The Hall–Kier alpha value is -1.51. The number of hydrogen-bond donors (Lipinski definition) is 1. The summed E-state index contributed by atoms with van der Waals surface area (Å²) in [6.07, 6.45) is 5.23. The van der Waals surface area contributed by atoms with Crippen LogP contribution in [0.15, 0.2) is 12.1 Å². The van der Waals surface area contributed by atoms with Crippen LogP contribution in [0, 0.1) is 19.8 Å². The third kappa shape index (κ3) is 4.23. The van der Waals surface area contributed by atoms with E-state index >= 15 is 0 Å². The number of methoxy groups -OCH3 is 1. The summed E-state index contributed by atoms with van der Waals surface area (Å²) in [6, 6.07) is 4.36. The van der Waals surface area contributed by atoms with Crippen LogP contribution in [-0.4, -0.2) is 19.1 Å². The quantitative estimate of drug-likeness (QED) is 0.920. The zero-order chi connectivity index (χ0) is 15.4. The fraction of sp³-hybridized carbons (Fsp3) is 0.611. The van der Waals surface area contributed by atoms with Gasteiger partial charge in [-0.05, 0) is 61.4 Å². The molecule has 1 saturated carbocycles. The summed E-state index contributed by atoms with van der Waals surface area (Å²) >= 11 is 0. The van der Waals surface area contributed by atoms with E-state index in [1.54, 1.807) is 7.11 Å². The molecule has 21 heavy (non-hydrogen) atoms. The Morgan fingerprint density at radius 2 is 1.95 bits per heavy atom. The summed E-state index contributed by atoms with van der Waals surface area (Å²) in [5.41, 5.74) is 3.37. The van der Waals surface area contributed by atoms with Crippen LogP contribution < -0.4 is 10.1 Å². The van der Waals surface area contributed by atoms with E-state index in [2.05, 4.69) is 12.2 Å². The lowest BCUT2D eigenvalue weighted by atomic mass is 9.87. The van der Waals surface area contributed by atoms with Gasteiger partial charge in [-0.3, -0.25) is 4.79 Å². The molecule has 1 aliphatic rings. The molecule has 2 rings (SSSR count). The minimum atomic E-state index is 0.144. The second-order valence-corrected chi connectivity index (χ2v) is 6.45. The average molecular weight is 289 g/mol. The molecule has 1 aliphatic carbocycles. The van der Waals surface area contributed by atoms with Crippen LogP contribution in [-0.2, 0) is 11.2 Å². The molecule has 0 bridgehead atoms. The normalized spacial score (nSPS) is 21.9. The first kappa shape index (κ1) is 15.9. The van der Waals surface area contributed by atoms with Gasteiger partial charge in [0.2, 0.25) is 5.91 Å². The number of nitrogens with one attached hydrogen (secondary N) is 1. The van der Waals surface area contributed by atoms with Gasteiger partial charge >= 0.3 is 0 Å². The number of amides is 1. The van der Waals surface area contributed by atoms with Crippen LogP contribution in [0.5, 0.6) is 5.75 Å². The molecular formula is C18H27NO2. The van der Waals surface area contributed by atoms with Gasteiger partial charge in [0, 0.05) is 6.04 Å². The number of benzene rings is 1. The molecule has 0 heterocycles. The molecule has 0 spiro atoms. The lowest BCUT2D eigenvalue weighted by molar-refractivity contribution is -0.121. The van der Waals surface area contributed by atoms with Crippen molar-refractivity contribution >= 4 is 5.91 Å². The largest absolute Gasteiger partial charge is 0.497 e. The van der Waals surface area contributed by atoms with Crippen LogP contribution in [0.4, 0.5) is 0 Å². The van der Waals surface area contributed by atoms with Gasteiger partial charge in [0.25, 0.3) is 0 Å². The van der Waals surface area contributed by atoms with E-state index in [9.17, 15) is 4.79 Å². The molecule has 0 radical (unpaired) electrons. The van der Waals surface area contributed by atoms with Crippen LogP contribution in [0.2, 0.25) is 0 Å². The van der Waals surface area contributed by atoms with Gasteiger partial charge in [0.1, 0.15) is 5.75 Å². The van der Waals surface area contributed by atoms with E-state index in [0.29, 0.717) is 12.5 Å². The van der Waals surface area contributed by atoms with E-state index in [1.807, 2.05) is 26.0 Å². The van der Waals surface area contributed by atoms with Crippen molar-refractivity contribution in [1.29, 1.82) is 0 Å². The highest BCUT2D eigenvalue weighted by atomic mass is 16.5. The maximum absolute atomic E-state index is 12.3. The minimum absolute atomic E-state index is 0.144. The SMILES string of the molecule is COc1cc(C)c(CC(=O)NC2CCCC(C)C2)c(C)c1. The molecule has 2 unspecified atom stereocenters. The Bertz CT molecular complexity index is 487. The molecule has 0 aliphatic heterocycles. The van der Waals surface area contributed by atoms with Crippen LogP contribution >= 0.6 is 0 Å². The highest BCUT2D eigenvalue weighted by Crippen LogP contribution is 2.24. The van der Waals surface area contributed by atoms with Crippen LogP contribution in [0.3, 0.4) is 0 Å². The number of rotatable bonds is 4. The second-order valence-electron chi connectivity index (χ2n) is 6.45. The summed E-state index contributed by atoms with van der Waals surface area (Å²) in [5, 5.41) is 3.21. The zero-order valence-corrected chi connectivity index (χ0v) is 13.7. The zero-order valence-electron chi connectivity index (χ0n) is 13.7. The smallest absolute Gasteiger partial charge is 0.224 e. The van der Waals surface area contributed by atoms with Crippen molar-refractivity contribution in [2.24, 2.45) is 5.92 Å². The minimum Gasteiger partial charge on any atom is -0.497 e. The fourth-order valence-corrected chi connectivity index (χ4v) is 3.35. The van der Waals surface area contributed by atoms with Gasteiger partial charge < -0.3 is 10.1 Å². The molecule has 1 aromatic carbocycles. The van der Waals surface area contributed by atoms with Gasteiger partial charge in [0.15, 0.2) is 0 Å². The summed E-state index contributed by atoms with van der Waals surface area (Å²) in [4.78, 5) is 12.3. The van der Waals surface area contributed by atoms with Crippen LogP contribution in [0.1, 0.15) is 49.3 Å². The van der Waals surface area contributed by atoms with Crippen molar-refractivity contribution in [1.82, 2.24) is 5.32 Å². The van der Waals surface area contributed by atoms with E-state index in [1.165, 1.54) is 12.8 Å². The lowest BCUT2D eigenvalue weighted by Crippen LogP contribution is -2.38. The van der Waals surface area contributed by atoms with Crippen molar-refractivity contribution in [3.05, 3.63) is 28.8 Å². The van der Waals surface area contributed by atoms with E-state index in [-0.39, 0.29) is 5.91 Å². The molecule has 0 saturated heterocycles. The first-order valence-electron chi connectivity index (χ1n) is 7.93. The molecule has 1 aromatic rings. The second kappa shape index (κ2) is 6.97.